The molecule has 0 nitrogen and oxygen atoms in total. The van der Waals surface area contributed by atoms with Gasteiger partial charge in [0.15, 0.2) is 0 Å². The van der Waals surface area contributed by atoms with E-state index < -0.39 is 0 Å². The van der Waals surface area contributed by atoms with Crippen molar-refractivity contribution in [3.8, 4) is 0 Å². The molecule has 0 bridgehead atoms. The predicted octanol–water partition coefficient (Wildman–Crippen LogP) is 6.03. The first-order valence-electron chi connectivity index (χ1n) is 5.31. The van der Waals surface area contributed by atoms with Crippen molar-refractivity contribution in [2.24, 2.45) is 0 Å². The molecule has 18 heavy (non-hydrogen) atoms. The first-order chi connectivity index (χ1) is 8.50. The van der Waals surface area contributed by atoms with Gasteiger partial charge in [0.1, 0.15) is 5.82 Å². The molecule has 1 aromatic carbocycles. The number of alkyl halides is 1. The Morgan fingerprint density at radius 1 is 1.33 bits per heavy atom. The van der Waals surface area contributed by atoms with E-state index in [4.69, 9.17) is 34.8 Å². The van der Waals surface area contributed by atoms with Crippen molar-refractivity contribution < 1.29 is 4.39 Å². The van der Waals surface area contributed by atoms with Crippen LogP contribution in [-0.4, -0.2) is 0 Å². The molecule has 0 aliphatic heterocycles. The molecule has 0 fully saturated rings. The summed E-state index contributed by atoms with van der Waals surface area (Å²) in [6.07, 6.45) is 0.326. The molecule has 0 aliphatic rings. The summed E-state index contributed by atoms with van der Waals surface area (Å²) in [5.41, 5.74) is 1.42. The lowest BCUT2D eigenvalue weighted by Gasteiger charge is -2.11. The van der Waals surface area contributed by atoms with Gasteiger partial charge in [-0.05, 0) is 36.4 Å². The summed E-state index contributed by atoms with van der Waals surface area (Å²) in [6.45, 7) is 1.92. The summed E-state index contributed by atoms with van der Waals surface area (Å²) in [5, 5.41) is 2.62. The van der Waals surface area contributed by atoms with Crippen LogP contribution in [-0.2, 0) is 6.42 Å². The highest BCUT2D eigenvalue weighted by Crippen LogP contribution is 2.38. The highest BCUT2D eigenvalue weighted by atomic mass is 35.5. The third-order valence-corrected chi connectivity index (χ3v) is 5.34. The maximum atomic E-state index is 13.7. The van der Waals surface area contributed by atoms with E-state index in [2.05, 4.69) is 0 Å². The van der Waals surface area contributed by atoms with Crippen LogP contribution in [0.4, 0.5) is 4.39 Å². The summed E-state index contributed by atoms with van der Waals surface area (Å²) in [7, 11) is 0. The fraction of sp³-hybridized carbons (Fsp3) is 0.231. The Labute approximate surface area is 124 Å². The molecule has 1 unspecified atom stereocenters. The number of halogens is 4. The number of aryl methyl sites for hydroxylation is 1. The van der Waals surface area contributed by atoms with Gasteiger partial charge in [0.05, 0.1) is 10.4 Å². The van der Waals surface area contributed by atoms with Gasteiger partial charge < -0.3 is 0 Å². The summed E-state index contributed by atoms with van der Waals surface area (Å²) >= 11 is 19.9. The fourth-order valence-electron chi connectivity index (χ4n) is 1.66. The van der Waals surface area contributed by atoms with Gasteiger partial charge in [0, 0.05) is 15.5 Å². The molecule has 0 N–H and O–H groups in total. The predicted molar refractivity (Wildman–Crippen MR) is 77.8 cm³/mol. The maximum Gasteiger partial charge on any atom is 0.127 e. The Bertz CT molecular complexity index is 545. The van der Waals surface area contributed by atoms with Crippen LogP contribution in [0.3, 0.4) is 0 Å². The maximum absolute atomic E-state index is 13.7. The molecule has 1 aromatic heterocycles. The van der Waals surface area contributed by atoms with Crippen molar-refractivity contribution in [3.63, 3.8) is 0 Å². The first-order valence-corrected chi connectivity index (χ1v) is 7.38. The summed E-state index contributed by atoms with van der Waals surface area (Å²) in [6, 6.07) is 4.61. The van der Waals surface area contributed by atoms with Crippen molar-refractivity contribution in [2.75, 3.05) is 0 Å². The monoisotopic (exact) mass is 322 g/mol. The molecule has 1 heterocycles. The standard InChI is InChI=1S/C13H10Cl3FS/c1-7-6-18-13(12(7)16)10(15)5-8-9(14)3-2-4-11(8)17/h2-4,6,10H,5H2,1H3. The van der Waals surface area contributed by atoms with Gasteiger partial charge in [0.2, 0.25) is 0 Å². The highest BCUT2D eigenvalue weighted by molar-refractivity contribution is 7.11. The van der Waals surface area contributed by atoms with Crippen molar-refractivity contribution in [3.05, 3.63) is 55.4 Å². The van der Waals surface area contributed by atoms with E-state index >= 15 is 0 Å². The third kappa shape index (κ3) is 2.83. The minimum Gasteiger partial charge on any atom is -0.207 e. The van der Waals surface area contributed by atoms with Gasteiger partial charge in [-0.25, -0.2) is 4.39 Å². The first kappa shape index (κ1) is 14.1. The quantitative estimate of drug-likeness (QED) is 0.605. The van der Waals surface area contributed by atoms with Gasteiger partial charge in [-0.3, -0.25) is 0 Å². The Balaban J connectivity index is 2.27. The molecule has 0 spiro atoms. The molecule has 0 saturated heterocycles. The van der Waals surface area contributed by atoms with E-state index in [1.807, 2.05) is 12.3 Å². The van der Waals surface area contributed by atoms with E-state index in [0.717, 1.165) is 10.4 Å². The van der Waals surface area contributed by atoms with Crippen LogP contribution in [0.15, 0.2) is 23.6 Å². The molecule has 2 aromatic rings. The van der Waals surface area contributed by atoms with Crippen molar-refractivity contribution >= 4 is 46.1 Å². The lowest BCUT2D eigenvalue weighted by Crippen LogP contribution is -1.98. The second kappa shape index (κ2) is 5.79. The number of hydrogen-bond donors (Lipinski definition) is 0. The van der Waals surface area contributed by atoms with Crippen LogP contribution in [0, 0.1) is 12.7 Å². The number of benzene rings is 1. The zero-order chi connectivity index (χ0) is 13.3. The largest absolute Gasteiger partial charge is 0.207 e. The molecule has 0 aliphatic carbocycles. The minimum absolute atomic E-state index is 0.326. The van der Waals surface area contributed by atoms with Crippen LogP contribution in [0.25, 0.3) is 0 Å². The van der Waals surface area contributed by atoms with Crippen LogP contribution in [0.2, 0.25) is 10.0 Å². The second-order valence-electron chi connectivity index (χ2n) is 3.97. The van der Waals surface area contributed by atoms with E-state index in [0.29, 0.717) is 22.0 Å². The molecular formula is C13H10Cl3FS. The zero-order valence-corrected chi connectivity index (χ0v) is 12.6. The molecule has 1 atom stereocenters. The molecule has 0 amide bonds. The molecule has 0 radical (unpaired) electrons. The number of rotatable bonds is 3. The normalized spacial score (nSPS) is 12.7. The second-order valence-corrected chi connectivity index (χ2v) is 6.19. The minimum atomic E-state index is -0.370. The van der Waals surface area contributed by atoms with Gasteiger partial charge in [-0.15, -0.1) is 22.9 Å². The van der Waals surface area contributed by atoms with Gasteiger partial charge in [-0.2, -0.15) is 0 Å². The number of thiophene rings is 1. The molecule has 2 rings (SSSR count). The molecular weight excluding hydrogens is 314 g/mol. The lowest BCUT2D eigenvalue weighted by molar-refractivity contribution is 0.608. The van der Waals surface area contributed by atoms with Crippen LogP contribution in [0.5, 0.6) is 0 Å². The molecule has 5 heteroatoms. The van der Waals surface area contributed by atoms with Crippen LogP contribution in [0.1, 0.15) is 21.4 Å². The fourth-order valence-corrected chi connectivity index (χ4v) is 3.68. The van der Waals surface area contributed by atoms with Gasteiger partial charge in [-0.1, -0.05) is 29.3 Å². The zero-order valence-electron chi connectivity index (χ0n) is 9.51. The van der Waals surface area contributed by atoms with E-state index in [-0.39, 0.29) is 11.2 Å². The summed E-state index contributed by atoms with van der Waals surface area (Å²) in [4.78, 5) is 0.857. The van der Waals surface area contributed by atoms with Crippen molar-refractivity contribution in [1.29, 1.82) is 0 Å². The smallest absolute Gasteiger partial charge is 0.127 e. The third-order valence-electron chi connectivity index (χ3n) is 2.65. The average molecular weight is 324 g/mol. The average Bonchev–Trinajstić information content (AvgIpc) is 2.65. The van der Waals surface area contributed by atoms with Crippen molar-refractivity contribution in [2.45, 2.75) is 18.7 Å². The van der Waals surface area contributed by atoms with Gasteiger partial charge in [0.25, 0.3) is 0 Å². The SMILES string of the molecule is Cc1csc(C(Cl)Cc2c(F)cccc2Cl)c1Cl. The van der Waals surface area contributed by atoms with Crippen LogP contribution < -0.4 is 0 Å². The Hall–Kier alpha value is -0.280. The Morgan fingerprint density at radius 2 is 2.06 bits per heavy atom. The van der Waals surface area contributed by atoms with E-state index in [1.54, 1.807) is 12.1 Å². The Kier molecular flexibility index (Phi) is 4.54. The molecule has 0 saturated carbocycles. The topological polar surface area (TPSA) is 0 Å². The lowest BCUT2D eigenvalue weighted by atomic mass is 10.1. The van der Waals surface area contributed by atoms with Gasteiger partial charge >= 0.3 is 0 Å². The van der Waals surface area contributed by atoms with E-state index in [1.165, 1.54) is 17.4 Å². The Morgan fingerprint density at radius 3 is 2.61 bits per heavy atom. The van der Waals surface area contributed by atoms with Crippen molar-refractivity contribution in [1.82, 2.24) is 0 Å². The highest BCUT2D eigenvalue weighted by Gasteiger charge is 2.19. The summed E-state index contributed by atoms with van der Waals surface area (Å²) in [5.74, 6) is -0.336. The van der Waals surface area contributed by atoms with E-state index in [9.17, 15) is 4.39 Å². The number of hydrogen-bond acceptors (Lipinski definition) is 1. The van der Waals surface area contributed by atoms with Crippen LogP contribution >= 0.6 is 46.1 Å². The summed E-state index contributed by atoms with van der Waals surface area (Å²) < 4.78 is 13.7. The molecule has 96 valence electrons.